The first kappa shape index (κ1) is 31.7. The molecule has 0 radical (unpaired) electrons. The van der Waals surface area contributed by atoms with Gasteiger partial charge in [0.05, 0.1) is 52.3 Å². The fourth-order valence-electron chi connectivity index (χ4n) is 7.00. The largest absolute Gasteiger partial charge is 0.444 e. The Hall–Kier alpha value is -2.22. The number of carbonyl (C=O) groups excluding carboxylic acids is 1. The van der Waals surface area contributed by atoms with E-state index in [1.165, 1.54) is 11.8 Å². The predicted molar refractivity (Wildman–Crippen MR) is 164 cm³/mol. The number of amides is 1. The Bertz CT molecular complexity index is 1500. The van der Waals surface area contributed by atoms with Gasteiger partial charge in [-0.2, -0.15) is 18.2 Å². The third-order valence-electron chi connectivity index (χ3n) is 9.20. The molecule has 242 valence electrons. The van der Waals surface area contributed by atoms with Gasteiger partial charge in [-0.3, -0.25) is 9.47 Å². The second-order valence-electron chi connectivity index (χ2n) is 13.8. The van der Waals surface area contributed by atoms with Crippen LogP contribution >= 0.6 is 23.4 Å². The molecule has 1 amide bonds. The van der Waals surface area contributed by atoms with Crippen molar-refractivity contribution in [2.45, 2.75) is 82.3 Å². The summed E-state index contributed by atoms with van der Waals surface area (Å²) in [5.74, 6) is 0.593. The molecule has 2 aromatic rings. The van der Waals surface area contributed by atoms with Gasteiger partial charge in [0, 0.05) is 36.2 Å². The third kappa shape index (κ3) is 5.78. The molecule has 4 aliphatic rings. The van der Waals surface area contributed by atoms with Crippen molar-refractivity contribution < 1.29 is 27.4 Å². The summed E-state index contributed by atoms with van der Waals surface area (Å²) in [4.78, 5) is 37.3. The number of piperazine rings is 1. The molecule has 1 aromatic heterocycles. The first-order chi connectivity index (χ1) is 20.6. The molecule has 3 saturated heterocycles. The van der Waals surface area contributed by atoms with Crippen LogP contribution in [0.15, 0.2) is 15.8 Å². The van der Waals surface area contributed by atoms with E-state index >= 15 is 0 Å². The number of rotatable bonds is 3. The molecule has 0 aliphatic carbocycles. The number of hydrogen-bond donors (Lipinski definition) is 0. The van der Waals surface area contributed by atoms with Crippen LogP contribution in [0.2, 0.25) is 5.02 Å². The summed E-state index contributed by atoms with van der Waals surface area (Å²) in [6.45, 7) is 13.6. The highest BCUT2D eigenvalue weighted by atomic mass is 35.5. The van der Waals surface area contributed by atoms with E-state index in [0.717, 1.165) is 45.2 Å². The standard InChI is InChI=1S/C30H39ClF3N5O4S/c1-17-11-37(12-18(2)38(17)27(41)43-28(3,4)5)25-20-10-21(30(32,33)34)22(31)24-23(20)39(26(40)35-25)19(14-44-24)13-36-8-6-29(7-9-36)15-42-16-29/h10,17-19H,6-9,11-16H2,1-5H3/t17-,18-,19-/m1/s1. The van der Waals surface area contributed by atoms with Gasteiger partial charge in [-0.05, 0) is 66.6 Å². The molecule has 9 nitrogen and oxygen atoms in total. The summed E-state index contributed by atoms with van der Waals surface area (Å²) in [5, 5.41) is -0.150. The number of alkyl halides is 3. The summed E-state index contributed by atoms with van der Waals surface area (Å²) < 4.78 is 55.5. The van der Waals surface area contributed by atoms with Crippen LogP contribution in [0.5, 0.6) is 0 Å². The number of halogens is 4. The van der Waals surface area contributed by atoms with Gasteiger partial charge in [0.2, 0.25) is 0 Å². The van der Waals surface area contributed by atoms with Crippen LogP contribution in [0.3, 0.4) is 0 Å². The van der Waals surface area contributed by atoms with Gasteiger partial charge < -0.3 is 19.3 Å². The molecule has 14 heteroatoms. The molecule has 4 aliphatic heterocycles. The minimum atomic E-state index is -4.69. The van der Waals surface area contributed by atoms with Crippen molar-refractivity contribution in [3.63, 3.8) is 0 Å². The van der Waals surface area contributed by atoms with Gasteiger partial charge in [0.1, 0.15) is 11.4 Å². The fourth-order valence-corrected chi connectivity index (χ4v) is 8.61. The van der Waals surface area contributed by atoms with E-state index in [4.69, 9.17) is 21.1 Å². The lowest BCUT2D eigenvalue weighted by Gasteiger charge is -2.48. The second kappa shape index (κ2) is 11.2. The Labute approximate surface area is 264 Å². The monoisotopic (exact) mass is 657 g/mol. The summed E-state index contributed by atoms with van der Waals surface area (Å²) in [6.07, 6.45) is -3.10. The lowest BCUT2D eigenvalue weighted by molar-refractivity contribution is -0.140. The molecular weight excluding hydrogens is 619 g/mol. The van der Waals surface area contributed by atoms with Crippen LogP contribution in [0.25, 0.3) is 10.9 Å². The average Bonchev–Trinajstić information content (AvgIpc) is 2.89. The maximum atomic E-state index is 14.3. The van der Waals surface area contributed by atoms with Crippen LogP contribution in [-0.2, 0) is 15.7 Å². The Morgan fingerprint density at radius 1 is 1.16 bits per heavy atom. The molecule has 44 heavy (non-hydrogen) atoms. The molecule has 0 saturated carbocycles. The normalized spacial score (nSPS) is 25.8. The van der Waals surface area contributed by atoms with Gasteiger partial charge in [-0.15, -0.1) is 11.8 Å². The second-order valence-corrected chi connectivity index (χ2v) is 15.2. The van der Waals surface area contributed by atoms with Crippen LogP contribution in [0, 0.1) is 5.41 Å². The van der Waals surface area contributed by atoms with Crippen molar-refractivity contribution in [3.05, 3.63) is 27.1 Å². The Kier molecular flexibility index (Phi) is 8.11. The zero-order chi connectivity index (χ0) is 31.8. The summed E-state index contributed by atoms with van der Waals surface area (Å²) in [7, 11) is 0. The number of anilines is 1. The van der Waals surface area contributed by atoms with Gasteiger partial charge >= 0.3 is 18.0 Å². The SMILES string of the molecule is C[C@@H]1CN(c2nc(=O)n3c4c(c(Cl)c(C(F)(F)F)cc24)SC[C@H]3CN2CCC3(CC2)COC3)C[C@@H](C)N1C(=O)OC(C)(C)C. The van der Waals surface area contributed by atoms with E-state index in [2.05, 4.69) is 9.88 Å². The topological polar surface area (TPSA) is 80.1 Å². The van der Waals surface area contributed by atoms with Gasteiger partial charge in [-0.25, -0.2) is 9.59 Å². The molecule has 0 unspecified atom stereocenters. The summed E-state index contributed by atoms with van der Waals surface area (Å²) >= 11 is 7.72. The fraction of sp³-hybridized carbons (Fsp3) is 0.700. The smallest absolute Gasteiger partial charge is 0.417 e. The Morgan fingerprint density at radius 3 is 2.34 bits per heavy atom. The first-order valence-electron chi connectivity index (χ1n) is 15.1. The van der Waals surface area contributed by atoms with Crippen molar-refractivity contribution in [1.29, 1.82) is 0 Å². The van der Waals surface area contributed by atoms with Crippen molar-refractivity contribution in [3.8, 4) is 0 Å². The van der Waals surface area contributed by atoms with Gasteiger partial charge in [-0.1, -0.05) is 11.6 Å². The molecular formula is C30H39ClF3N5O4S. The maximum Gasteiger partial charge on any atom is 0.417 e. The molecule has 6 rings (SSSR count). The van der Waals surface area contributed by atoms with Crippen LogP contribution in [0.1, 0.15) is 59.1 Å². The number of thioether (sulfide) groups is 1. The van der Waals surface area contributed by atoms with Gasteiger partial charge in [0.25, 0.3) is 0 Å². The third-order valence-corrected chi connectivity index (χ3v) is 10.9. The number of likely N-dealkylation sites (tertiary alicyclic amines) is 1. The summed E-state index contributed by atoms with van der Waals surface area (Å²) in [5.41, 5.74) is -1.47. The molecule has 3 atom stereocenters. The van der Waals surface area contributed by atoms with Crippen molar-refractivity contribution in [2.24, 2.45) is 5.41 Å². The maximum absolute atomic E-state index is 14.3. The highest BCUT2D eigenvalue weighted by molar-refractivity contribution is 7.99. The molecule has 1 spiro atoms. The van der Waals surface area contributed by atoms with E-state index in [9.17, 15) is 22.8 Å². The number of benzene rings is 1. The Morgan fingerprint density at radius 2 is 1.80 bits per heavy atom. The lowest BCUT2D eigenvalue weighted by Crippen LogP contribution is -2.60. The molecule has 5 heterocycles. The van der Waals surface area contributed by atoms with Crippen molar-refractivity contribution >= 4 is 46.2 Å². The van der Waals surface area contributed by atoms with E-state index in [1.807, 2.05) is 18.7 Å². The predicted octanol–water partition coefficient (Wildman–Crippen LogP) is 5.66. The zero-order valence-electron chi connectivity index (χ0n) is 25.7. The van der Waals surface area contributed by atoms with Crippen LogP contribution in [0.4, 0.5) is 23.8 Å². The van der Waals surface area contributed by atoms with E-state index in [-0.39, 0.29) is 57.8 Å². The minimum absolute atomic E-state index is 0.179. The lowest BCUT2D eigenvalue weighted by atomic mass is 9.77. The highest BCUT2D eigenvalue weighted by Gasteiger charge is 2.43. The zero-order valence-corrected chi connectivity index (χ0v) is 27.2. The van der Waals surface area contributed by atoms with Gasteiger partial charge in [0.15, 0.2) is 0 Å². The van der Waals surface area contributed by atoms with Crippen molar-refractivity contribution in [1.82, 2.24) is 19.4 Å². The first-order valence-corrected chi connectivity index (χ1v) is 16.5. The minimum Gasteiger partial charge on any atom is -0.444 e. The van der Waals surface area contributed by atoms with E-state index < -0.39 is 29.1 Å². The van der Waals surface area contributed by atoms with Crippen LogP contribution < -0.4 is 10.6 Å². The summed E-state index contributed by atoms with van der Waals surface area (Å²) in [6, 6.07) is 0.0741. The molecule has 1 aromatic carbocycles. The van der Waals surface area contributed by atoms with E-state index in [1.54, 1.807) is 30.2 Å². The molecule has 0 bridgehead atoms. The van der Waals surface area contributed by atoms with E-state index in [0.29, 0.717) is 17.8 Å². The number of piperidine rings is 1. The Balaban J connectivity index is 1.38. The van der Waals surface area contributed by atoms with Crippen LogP contribution in [-0.4, -0.2) is 94.8 Å². The highest BCUT2D eigenvalue weighted by Crippen LogP contribution is 2.48. The molecule has 3 fully saturated rings. The molecule has 0 N–H and O–H groups in total. The number of carbonyl (C=O) groups is 1. The number of hydrogen-bond acceptors (Lipinski definition) is 8. The number of nitrogens with zero attached hydrogens (tertiary/aromatic N) is 5. The number of ether oxygens (including phenoxy) is 2. The van der Waals surface area contributed by atoms with Crippen molar-refractivity contribution in [2.75, 3.05) is 56.6 Å². The average molecular weight is 658 g/mol. The quantitative estimate of drug-likeness (QED) is 0.419. The number of aromatic nitrogens is 2.